The number of carbonyl (C=O) groups is 8. The van der Waals surface area contributed by atoms with Gasteiger partial charge in [-0.3, -0.25) is 33.6 Å². The molecular weight excluding hydrogens is 928 g/mol. The van der Waals surface area contributed by atoms with E-state index < -0.39 is 120 Å². The predicted molar refractivity (Wildman–Crippen MR) is 257 cm³/mol. The van der Waals surface area contributed by atoms with Crippen LogP contribution in [0.2, 0.25) is 0 Å². The van der Waals surface area contributed by atoms with E-state index in [1.165, 1.54) is 0 Å². The van der Waals surface area contributed by atoms with Gasteiger partial charge in [0, 0.05) is 29.4 Å². The maximum absolute atomic E-state index is 14.4. The second-order valence-electron chi connectivity index (χ2n) is 18.2. The number of carboxylic acids is 2. The SMILES string of the molecule is CC[C@H](C)[C@H](NC(=O)[C@H](CC(=O)O)NC(=O)[C@H](CC(C)C)NC(=O)[C@H](NC(=O)CC(F)(F)F)C(c1ccccc1)c1ccccc1)C(=O)N[C@H](C(=O)N[C@@H](Cc1c[nH]c2ccccc12)C(=O)O)[C@@H](C)CC. The Bertz CT molecular complexity index is 2430. The number of benzene rings is 3. The zero-order valence-electron chi connectivity index (χ0n) is 40.5. The summed E-state index contributed by atoms with van der Waals surface area (Å²) in [4.78, 5) is 111. The molecule has 0 saturated heterocycles. The standard InChI is InChI=1S/C51H64F3N7O10/c1-7-29(5)42(47(67)58-38(50(70)71)24-33-27-55-35-22-16-15-21-34(33)35)61-48(68)43(30(6)8-2)60-46(66)37(25-40(63)64)56-45(65)36(23-28(3)4)57-49(69)44(59-39(62)26-51(52,53)54)41(31-17-11-9-12-18-31)32-19-13-10-14-20-32/h9-22,27-30,36-38,41-44,55H,7-8,23-26H2,1-6H3,(H,56,65)(H,57,69)(H,58,67)(H,59,62)(H,60,66)(H,61,68)(H,63,64)(H,70,71)/t29-,30-,36-,37-,38-,42-,43-,44+/m0/s1. The highest BCUT2D eigenvalue weighted by molar-refractivity contribution is 5.98. The second kappa shape index (κ2) is 26.1. The number of fused-ring (bicyclic) bond motifs is 1. The van der Waals surface area contributed by atoms with Crippen molar-refractivity contribution in [3.8, 4) is 0 Å². The Morgan fingerprint density at radius 3 is 1.55 bits per heavy atom. The third-order valence-electron chi connectivity index (χ3n) is 12.3. The molecule has 20 heteroatoms. The molecule has 8 atom stereocenters. The zero-order valence-corrected chi connectivity index (χ0v) is 40.5. The quantitative estimate of drug-likeness (QED) is 0.0402. The average Bonchev–Trinajstić information content (AvgIpc) is 3.73. The van der Waals surface area contributed by atoms with Crippen molar-refractivity contribution < 1.29 is 61.7 Å². The lowest BCUT2D eigenvalue weighted by Gasteiger charge is -2.31. The van der Waals surface area contributed by atoms with Crippen LogP contribution in [0, 0.1) is 17.8 Å². The Morgan fingerprint density at radius 1 is 0.577 bits per heavy atom. The number of hydrogen-bond donors (Lipinski definition) is 9. The lowest BCUT2D eigenvalue weighted by atomic mass is 9.84. The van der Waals surface area contributed by atoms with Gasteiger partial charge in [-0.05, 0) is 46.9 Å². The van der Waals surface area contributed by atoms with E-state index in [9.17, 15) is 61.7 Å². The molecule has 6 amide bonds. The first-order valence-corrected chi connectivity index (χ1v) is 23.5. The molecule has 0 bridgehead atoms. The number of aliphatic carboxylic acids is 2. The molecule has 1 heterocycles. The molecule has 0 saturated carbocycles. The van der Waals surface area contributed by atoms with E-state index in [2.05, 4.69) is 36.9 Å². The van der Waals surface area contributed by atoms with Gasteiger partial charge in [-0.2, -0.15) is 13.2 Å². The Balaban J connectivity index is 1.59. The van der Waals surface area contributed by atoms with Crippen LogP contribution in [0.1, 0.15) is 96.3 Å². The Hall–Kier alpha value is -7.25. The monoisotopic (exact) mass is 991 g/mol. The molecule has 4 aromatic rings. The molecule has 0 unspecified atom stereocenters. The Labute approximate surface area is 409 Å². The number of carboxylic acid groups (broad SMARTS) is 2. The summed E-state index contributed by atoms with van der Waals surface area (Å²) in [5, 5.41) is 35.7. The molecule has 0 aliphatic rings. The average molecular weight is 992 g/mol. The van der Waals surface area contributed by atoms with Gasteiger partial charge in [0.2, 0.25) is 35.4 Å². The number of hydrogen-bond acceptors (Lipinski definition) is 8. The fourth-order valence-corrected chi connectivity index (χ4v) is 8.11. The van der Waals surface area contributed by atoms with Crippen molar-refractivity contribution in [2.75, 3.05) is 0 Å². The van der Waals surface area contributed by atoms with E-state index in [1.54, 1.807) is 114 Å². The third kappa shape index (κ3) is 16.7. The number of alkyl halides is 3. The number of H-pyrrole nitrogens is 1. The van der Waals surface area contributed by atoms with Crippen LogP contribution in [-0.2, 0) is 44.8 Å². The van der Waals surface area contributed by atoms with Gasteiger partial charge in [0.05, 0.1) is 6.42 Å². The van der Waals surface area contributed by atoms with Crippen molar-refractivity contribution in [1.82, 2.24) is 36.9 Å². The first-order chi connectivity index (χ1) is 33.5. The molecule has 1 aromatic heterocycles. The summed E-state index contributed by atoms with van der Waals surface area (Å²) in [5.74, 6) is -11.8. The number of amides is 6. The van der Waals surface area contributed by atoms with Crippen LogP contribution in [0.3, 0.4) is 0 Å². The fourth-order valence-electron chi connectivity index (χ4n) is 8.11. The van der Waals surface area contributed by atoms with E-state index >= 15 is 0 Å². The highest BCUT2D eigenvalue weighted by Crippen LogP contribution is 2.30. The van der Waals surface area contributed by atoms with Gasteiger partial charge in [-0.1, -0.05) is 133 Å². The van der Waals surface area contributed by atoms with E-state index in [0.29, 0.717) is 23.1 Å². The molecule has 4 rings (SSSR count). The van der Waals surface area contributed by atoms with Gasteiger partial charge in [0.1, 0.15) is 42.7 Å². The van der Waals surface area contributed by atoms with Crippen LogP contribution in [-0.4, -0.2) is 105 Å². The maximum Gasteiger partial charge on any atom is 0.397 e. The Morgan fingerprint density at radius 2 is 1.04 bits per heavy atom. The van der Waals surface area contributed by atoms with Crippen molar-refractivity contribution in [2.24, 2.45) is 17.8 Å². The largest absolute Gasteiger partial charge is 0.481 e. The normalized spacial score (nSPS) is 15.0. The van der Waals surface area contributed by atoms with Gasteiger partial charge >= 0.3 is 18.1 Å². The van der Waals surface area contributed by atoms with Crippen LogP contribution >= 0.6 is 0 Å². The summed E-state index contributed by atoms with van der Waals surface area (Å²) < 4.78 is 40.4. The summed E-state index contributed by atoms with van der Waals surface area (Å²) in [5.41, 5.74) is 2.29. The molecule has 17 nitrogen and oxygen atoms in total. The summed E-state index contributed by atoms with van der Waals surface area (Å²) in [7, 11) is 0. The van der Waals surface area contributed by atoms with Crippen molar-refractivity contribution in [3.63, 3.8) is 0 Å². The number of halogens is 3. The smallest absolute Gasteiger partial charge is 0.397 e. The van der Waals surface area contributed by atoms with E-state index in [-0.39, 0.29) is 25.2 Å². The number of aromatic nitrogens is 1. The third-order valence-corrected chi connectivity index (χ3v) is 12.3. The van der Waals surface area contributed by atoms with Crippen molar-refractivity contribution in [2.45, 2.75) is 128 Å². The number of para-hydroxylation sites is 1. The Kier molecular flexibility index (Phi) is 20.7. The van der Waals surface area contributed by atoms with Crippen molar-refractivity contribution >= 4 is 58.3 Å². The summed E-state index contributed by atoms with van der Waals surface area (Å²) in [6.45, 7) is 10.2. The van der Waals surface area contributed by atoms with E-state index in [0.717, 1.165) is 10.9 Å². The lowest BCUT2D eigenvalue weighted by Crippen LogP contribution is -2.61. The highest BCUT2D eigenvalue weighted by atomic mass is 19.4. The lowest BCUT2D eigenvalue weighted by molar-refractivity contribution is -0.155. The van der Waals surface area contributed by atoms with E-state index in [1.807, 2.05) is 18.2 Å². The summed E-state index contributed by atoms with van der Waals surface area (Å²) >= 11 is 0. The second-order valence-corrected chi connectivity index (χ2v) is 18.2. The van der Waals surface area contributed by atoms with E-state index in [4.69, 9.17) is 0 Å². The first-order valence-electron chi connectivity index (χ1n) is 23.5. The minimum atomic E-state index is -4.93. The molecule has 9 N–H and O–H groups in total. The van der Waals surface area contributed by atoms with Gasteiger partial charge in [0.25, 0.3) is 0 Å². The van der Waals surface area contributed by atoms with Gasteiger partial charge < -0.3 is 47.1 Å². The number of aromatic amines is 1. The molecule has 71 heavy (non-hydrogen) atoms. The number of carbonyl (C=O) groups excluding carboxylic acids is 6. The van der Waals surface area contributed by atoms with Crippen LogP contribution < -0.4 is 31.9 Å². The first kappa shape index (κ1) is 56.3. The minimum absolute atomic E-state index is 0.0861. The topological polar surface area (TPSA) is 265 Å². The molecular formula is C51H64F3N7O10. The van der Waals surface area contributed by atoms with Crippen molar-refractivity contribution in [1.29, 1.82) is 0 Å². The van der Waals surface area contributed by atoms with Crippen LogP contribution in [0.25, 0.3) is 10.9 Å². The molecule has 3 aromatic carbocycles. The molecule has 0 aliphatic carbocycles. The highest BCUT2D eigenvalue weighted by Gasteiger charge is 2.40. The van der Waals surface area contributed by atoms with Crippen molar-refractivity contribution in [3.05, 3.63) is 108 Å². The molecule has 0 fully saturated rings. The summed E-state index contributed by atoms with van der Waals surface area (Å²) in [6.07, 6.45) is -5.74. The fraction of sp³-hybridized carbons (Fsp3) is 0.451. The molecule has 0 radical (unpaired) electrons. The van der Waals surface area contributed by atoms with Gasteiger partial charge in [0.15, 0.2) is 0 Å². The summed E-state index contributed by atoms with van der Waals surface area (Å²) in [6, 6.07) is 14.4. The van der Waals surface area contributed by atoms with Crippen LogP contribution in [0.5, 0.6) is 0 Å². The van der Waals surface area contributed by atoms with Gasteiger partial charge in [-0.25, -0.2) is 4.79 Å². The zero-order chi connectivity index (χ0) is 52.6. The number of rotatable bonds is 26. The molecule has 384 valence electrons. The molecule has 0 aliphatic heterocycles. The minimum Gasteiger partial charge on any atom is -0.481 e. The van der Waals surface area contributed by atoms with Crippen LogP contribution in [0.4, 0.5) is 13.2 Å². The van der Waals surface area contributed by atoms with Crippen LogP contribution in [0.15, 0.2) is 91.1 Å². The molecule has 0 spiro atoms. The maximum atomic E-state index is 14.4. The number of nitrogens with one attached hydrogen (secondary N) is 7. The predicted octanol–water partition coefficient (Wildman–Crippen LogP) is 5.10. The van der Waals surface area contributed by atoms with Gasteiger partial charge in [-0.15, -0.1) is 0 Å².